The number of urea groups is 1. The number of amides is 5. The van der Waals surface area contributed by atoms with E-state index in [1.54, 1.807) is 36.4 Å². The molecule has 3 N–H and O–H groups in total. The zero-order valence-corrected chi connectivity index (χ0v) is 18.8. The molecule has 1 saturated heterocycles. The zero-order valence-electron chi connectivity index (χ0n) is 18.0. The number of barbiturate groups is 1. The van der Waals surface area contributed by atoms with Crippen molar-refractivity contribution in [2.75, 3.05) is 5.32 Å². The molecular weight excluding hydrogens is 474 g/mol. The van der Waals surface area contributed by atoms with Crippen LogP contribution in [0.25, 0.3) is 10.8 Å². The van der Waals surface area contributed by atoms with Gasteiger partial charge in [0.15, 0.2) is 5.78 Å². The number of carbonyl (C=O) groups is 6. The summed E-state index contributed by atoms with van der Waals surface area (Å²) in [5, 5.41) is 7.99. The summed E-state index contributed by atoms with van der Waals surface area (Å²) in [6.07, 6.45) is -0.606. The van der Waals surface area contributed by atoms with E-state index in [1.165, 1.54) is 18.2 Å². The van der Waals surface area contributed by atoms with E-state index in [4.69, 9.17) is 11.6 Å². The Hall–Kier alpha value is -4.37. The van der Waals surface area contributed by atoms with E-state index < -0.39 is 53.6 Å². The van der Waals surface area contributed by atoms with Crippen molar-refractivity contribution in [3.8, 4) is 0 Å². The molecule has 3 aromatic carbocycles. The fourth-order valence-corrected chi connectivity index (χ4v) is 3.96. The van der Waals surface area contributed by atoms with Gasteiger partial charge in [-0.25, -0.2) is 4.79 Å². The first kappa shape index (κ1) is 23.8. The van der Waals surface area contributed by atoms with Gasteiger partial charge in [0.2, 0.25) is 17.6 Å². The maximum Gasteiger partial charge on any atom is 0.328 e. The van der Waals surface area contributed by atoms with Gasteiger partial charge in [-0.05, 0) is 35.4 Å². The molecule has 10 heteroatoms. The molecule has 5 amide bonds. The van der Waals surface area contributed by atoms with E-state index in [-0.39, 0.29) is 16.3 Å². The number of carbonyl (C=O) groups excluding carboxylic acids is 6. The summed E-state index contributed by atoms with van der Waals surface area (Å²) in [6, 6.07) is 17.2. The van der Waals surface area contributed by atoms with Crippen LogP contribution in [0.2, 0.25) is 5.02 Å². The predicted octanol–water partition coefficient (Wildman–Crippen LogP) is 2.87. The SMILES string of the molecule is O=C1NC(=O)C(CC(C(=O)C(=O)Nc2ccccc2Cl)C(=O)c2ccc3ccccc3c2)C(=O)N1. The van der Waals surface area contributed by atoms with Crippen LogP contribution in [0.3, 0.4) is 0 Å². The summed E-state index contributed by atoms with van der Waals surface area (Å²) in [5.41, 5.74) is 0.281. The maximum absolute atomic E-state index is 13.4. The molecule has 1 atom stereocenters. The number of hydrogen-bond acceptors (Lipinski definition) is 6. The number of anilines is 1. The van der Waals surface area contributed by atoms with Crippen LogP contribution < -0.4 is 16.0 Å². The first-order chi connectivity index (χ1) is 16.7. The number of fused-ring (bicyclic) bond motifs is 1. The second-order valence-corrected chi connectivity index (χ2v) is 8.28. The van der Waals surface area contributed by atoms with Crippen LogP contribution in [0.4, 0.5) is 10.5 Å². The van der Waals surface area contributed by atoms with Crippen molar-refractivity contribution in [2.24, 2.45) is 11.8 Å². The Balaban J connectivity index is 1.67. The van der Waals surface area contributed by atoms with Gasteiger partial charge >= 0.3 is 6.03 Å². The second-order valence-electron chi connectivity index (χ2n) is 7.87. The molecule has 0 aliphatic carbocycles. The first-order valence-corrected chi connectivity index (χ1v) is 10.9. The topological polar surface area (TPSA) is 139 Å². The molecule has 35 heavy (non-hydrogen) atoms. The number of Topliss-reactive ketones (excluding diaryl/α,β-unsaturated/α-hetero) is 2. The Labute approximate surface area is 203 Å². The van der Waals surface area contributed by atoms with Crippen molar-refractivity contribution in [3.63, 3.8) is 0 Å². The van der Waals surface area contributed by atoms with Gasteiger partial charge in [-0.1, -0.05) is 60.1 Å². The van der Waals surface area contributed by atoms with E-state index in [0.29, 0.717) is 0 Å². The largest absolute Gasteiger partial charge is 0.328 e. The molecule has 1 aliphatic rings. The van der Waals surface area contributed by atoms with Gasteiger partial charge < -0.3 is 5.32 Å². The highest BCUT2D eigenvalue weighted by Crippen LogP contribution is 2.25. The maximum atomic E-state index is 13.4. The number of ketones is 2. The van der Waals surface area contributed by atoms with E-state index in [1.807, 2.05) is 22.8 Å². The summed E-state index contributed by atoms with van der Waals surface area (Å²) in [7, 11) is 0. The monoisotopic (exact) mass is 491 g/mol. The third kappa shape index (κ3) is 5.10. The lowest BCUT2D eigenvalue weighted by atomic mass is 9.83. The number of para-hydroxylation sites is 1. The Morgan fingerprint density at radius 3 is 2.17 bits per heavy atom. The fraction of sp³-hybridized carbons (Fsp3) is 0.120. The fourth-order valence-electron chi connectivity index (χ4n) is 3.78. The minimum Gasteiger partial charge on any atom is -0.318 e. The van der Waals surface area contributed by atoms with Gasteiger partial charge in [0.05, 0.1) is 16.6 Å². The van der Waals surface area contributed by atoms with Crippen LogP contribution in [0.5, 0.6) is 0 Å². The van der Waals surface area contributed by atoms with E-state index >= 15 is 0 Å². The lowest BCUT2D eigenvalue weighted by Crippen LogP contribution is -2.56. The van der Waals surface area contributed by atoms with Gasteiger partial charge in [-0.15, -0.1) is 0 Å². The average molecular weight is 492 g/mol. The van der Waals surface area contributed by atoms with Gasteiger partial charge in [0.1, 0.15) is 5.92 Å². The molecule has 1 unspecified atom stereocenters. The van der Waals surface area contributed by atoms with Crippen LogP contribution in [-0.4, -0.2) is 35.3 Å². The molecule has 1 heterocycles. The van der Waals surface area contributed by atoms with Crippen LogP contribution >= 0.6 is 11.6 Å². The van der Waals surface area contributed by atoms with E-state index in [0.717, 1.165) is 10.8 Å². The van der Waals surface area contributed by atoms with Crippen molar-refractivity contribution in [3.05, 3.63) is 77.3 Å². The van der Waals surface area contributed by atoms with Crippen LogP contribution in [0, 0.1) is 11.8 Å². The molecule has 4 rings (SSSR count). The highest BCUT2D eigenvalue weighted by atomic mass is 35.5. The Morgan fingerprint density at radius 1 is 0.857 bits per heavy atom. The Morgan fingerprint density at radius 2 is 1.49 bits per heavy atom. The van der Waals surface area contributed by atoms with Gasteiger partial charge in [-0.2, -0.15) is 0 Å². The van der Waals surface area contributed by atoms with Crippen LogP contribution in [0.15, 0.2) is 66.7 Å². The van der Waals surface area contributed by atoms with Crippen LogP contribution in [0.1, 0.15) is 16.8 Å². The molecule has 0 radical (unpaired) electrons. The molecule has 176 valence electrons. The Bertz CT molecular complexity index is 1380. The average Bonchev–Trinajstić information content (AvgIpc) is 2.84. The molecular formula is C25H18ClN3O6. The predicted molar refractivity (Wildman–Crippen MR) is 127 cm³/mol. The third-order valence-electron chi connectivity index (χ3n) is 5.59. The van der Waals surface area contributed by atoms with Crippen molar-refractivity contribution < 1.29 is 28.8 Å². The van der Waals surface area contributed by atoms with E-state index in [9.17, 15) is 28.8 Å². The lowest BCUT2D eigenvalue weighted by molar-refractivity contribution is -0.139. The first-order valence-electron chi connectivity index (χ1n) is 10.5. The molecule has 9 nitrogen and oxygen atoms in total. The van der Waals surface area contributed by atoms with Gasteiger partial charge in [-0.3, -0.25) is 34.6 Å². The minimum atomic E-state index is -1.67. The number of nitrogens with one attached hydrogen (secondary N) is 3. The highest BCUT2D eigenvalue weighted by molar-refractivity contribution is 6.46. The number of imide groups is 2. The minimum absolute atomic E-state index is 0.125. The zero-order chi connectivity index (χ0) is 25.1. The summed E-state index contributed by atoms with van der Waals surface area (Å²) in [5.74, 6) is -8.16. The molecule has 0 spiro atoms. The lowest BCUT2D eigenvalue weighted by Gasteiger charge is -2.23. The summed E-state index contributed by atoms with van der Waals surface area (Å²) < 4.78 is 0. The molecule has 1 fully saturated rings. The number of halogens is 1. The van der Waals surface area contributed by atoms with Gasteiger partial charge in [0.25, 0.3) is 5.91 Å². The standard InChI is InChI=1S/C25H18ClN3O6/c26-18-7-3-4-8-19(18)27-24(34)21(31)16(12-17-22(32)28-25(35)29-23(17)33)20(30)15-10-9-13-5-1-2-6-14(13)11-15/h1-11,16-17H,12H2,(H,27,34)(H2,28,29,32,33,35). The summed E-state index contributed by atoms with van der Waals surface area (Å²) >= 11 is 6.04. The highest BCUT2D eigenvalue weighted by Gasteiger charge is 2.42. The van der Waals surface area contributed by atoms with Crippen LogP contribution in [-0.2, 0) is 19.2 Å². The number of rotatable bonds is 7. The quantitative estimate of drug-likeness (QED) is 0.264. The molecule has 3 aromatic rings. The van der Waals surface area contributed by atoms with Crippen molar-refractivity contribution >= 4 is 63.4 Å². The molecule has 0 saturated carbocycles. The van der Waals surface area contributed by atoms with Crippen molar-refractivity contribution in [1.29, 1.82) is 0 Å². The van der Waals surface area contributed by atoms with Crippen molar-refractivity contribution in [1.82, 2.24) is 10.6 Å². The smallest absolute Gasteiger partial charge is 0.318 e. The number of benzene rings is 3. The molecule has 0 aromatic heterocycles. The molecule has 0 bridgehead atoms. The third-order valence-corrected chi connectivity index (χ3v) is 5.92. The second kappa shape index (κ2) is 9.86. The normalized spacial score (nSPS) is 14.7. The molecule has 1 aliphatic heterocycles. The van der Waals surface area contributed by atoms with E-state index in [2.05, 4.69) is 5.32 Å². The summed E-state index contributed by atoms with van der Waals surface area (Å²) in [4.78, 5) is 75.4. The summed E-state index contributed by atoms with van der Waals surface area (Å²) in [6.45, 7) is 0. The number of hydrogen-bond donors (Lipinski definition) is 3. The Kier molecular flexibility index (Phi) is 6.70. The van der Waals surface area contributed by atoms with Crippen molar-refractivity contribution in [2.45, 2.75) is 6.42 Å². The van der Waals surface area contributed by atoms with Gasteiger partial charge in [0, 0.05) is 5.56 Å².